The van der Waals surface area contributed by atoms with Crippen LogP contribution in [0.3, 0.4) is 0 Å². The summed E-state index contributed by atoms with van der Waals surface area (Å²) in [7, 11) is 0. The second-order valence-corrected chi connectivity index (χ2v) is 10.7. The van der Waals surface area contributed by atoms with Crippen molar-refractivity contribution in [2.75, 3.05) is 13.1 Å². The van der Waals surface area contributed by atoms with Gasteiger partial charge in [0.05, 0.1) is 6.04 Å². The number of nitrogens with one attached hydrogen (secondary N) is 1. The standard InChI is InChI=1S/C16H20ClNO3.C11H14ClN/c1-16(2,3)21-15(20)18-10-4-5-13(18)14(19)11-6-8-12(17)9-7-11;12-10-5-3-9(4-6-10)8-11-2-1-7-13-11/h6-9,13H,4-5,10H2,1-3H3;3-6,11,13H,1-2,7-8H2/t13-;11-/m11/s1. The maximum atomic E-state index is 12.5. The molecule has 2 heterocycles. The molecule has 2 aromatic rings. The lowest BCUT2D eigenvalue weighted by Crippen LogP contribution is -2.43. The first kappa shape index (κ1) is 26.5. The van der Waals surface area contributed by atoms with Gasteiger partial charge in [0.15, 0.2) is 5.78 Å². The Morgan fingerprint density at radius 3 is 2.15 bits per heavy atom. The zero-order chi connectivity index (χ0) is 24.7. The number of benzene rings is 2. The number of nitrogens with zero attached hydrogens (tertiary/aromatic N) is 1. The van der Waals surface area contributed by atoms with Crippen molar-refractivity contribution in [2.45, 2.75) is 70.6 Å². The second kappa shape index (κ2) is 12.1. The molecule has 0 bridgehead atoms. The van der Waals surface area contributed by atoms with E-state index in [0.717, 1.165) is 17.9 Å². The van der Waals surface area contributed by atoms with E-state index in [4.69, 9.17) is 27.9 Å². The molecule has 0 unspecified atom stereocenters. The van der Waals surface area contributed by atoms with Crippen molar-refractivity contribution in [1.82, 2.24) is 10.2 Å². The van der Waals surface area contributed by atoms with E-state index in [1.165, 1.54) is 29.8 Å². The molecule has 2 fully saturated rings. The van der Waals surface area contributed by atoms with Gasteiger partial charge in [-0.1, -0.05) is 35.3 Å². The maximum Gasteiger partial charge on any atom is 0.410 e. The Kier molecular flexibility index (Phi) is 9.40. The predicted octanol–water partition coefficient (Wildman–Crippen LogP) is 6.56. The zero-order valence-corrected chi connectivity index (χ0v) is 21.7. The number of rotatable bonds is 4. The molecule has 2 aliphatic rings. The summed E-state index contributed by atoms with van der Waals surface area (Å²) in [6.45, 7) is 7.18. The van der Waals surface area contributed by atoms with Crippen LogP contribution in [0.2, 0.25) is 10.0 Å². The molecule has 2 aromatic carbocycles. The average molecular weight is 505 g/mol. The first-order valence-electron chi connectivity index (χ1n) is 11.9. The van der Waals surface area contributed by atoms with Crippen molar-refractivity contribution in [1.29, 1.82) is 0 Å². The molecule has 0 spiro atoms. The molecule has 0 aliphatic carbocycles. The molecule has 0 radical (unpaired) electrons. The van der Waals surface area contributed by atoms with Crippen LogP contribution in [-0.4, -0.2) is 47.6 Å². The predicted molar refractivity (Wildman–Crippen MR) is 138 cm³/mol. The molecule has 2 aliphatic heterocycles. The van der Waals surface area contributed by atoms with E-state index in [0.29, 0.717) is 29.6 Å². The van der Waals surface area contributed by atoms with Crippen LogP contribution in [0.25, 0.3) is 0 Å². The van der Waals surface area contributed by atoms with Crippen LogP contribution < -0.4 is 5.32 Å². The van der Waals surface area contributed by atoms with Gasteiger partial charge in [0.1, 0.15) is 5.60 Å². The van der Waals surface area contributed by atoms with Crippen molar-refractivity contribution in [2.24, 2.45) is 0 Å². The minimum absolute atomic E-state index is 0.0602. The highest BCUT2D eigenvalue weighted by Crippen LogP contribution is 2.24. The van der Waals surface area contributed by atoms with Gasteiger partial charge in [-0.2, -0.15) is 0 Å². The van der Waals surface area contributed by atoms with Gasteiger partial charge >= 0.3 is 6.09 Å². The van der Waals surface area contributed by atoms with Crippen LogP contribution in [0.4, 0.5) is 4.79 Å². The number of halogens is 2. The molecule has 5 nitrogen and oxygen atoms in total. The van der Waals surface area contributed by atoms with Crippen LogP contribution in [-0.2, 0) is 11.2 Å². The Hall–Kier alpha value is -2.08. The number of carbonyl (C=O) groups excluding carboxylic acids is 2. The first-order valence-corrected chi connectivity index (χ1v) is 12.7. The molecule has 1 amide bonds. The monoisotopic (exact) mass is 504 g/mol. The number of ketones is 1. The summed E-state index contributed by atoms with van der Waals surface area (Å²) in [5, 5.41) is 4.89. The second-order valence-electron chi connectivity index (χ2n) is 9.83. The maximum absolute atomic E-state index is 12.5. The summed E-state index contributed by atoms with van der Waals surface area (Å²) in [5.74, 6) is -0.0602. The van der Waals surface area contributed by atoms with E-state index < -0.39 is 17.7 Å². The molecular formula is C27H34Cl2N2O3. The molecule has 34 heavy (non-hydrogen) atoms. The minimum Gasteiger partial charge on any atom is -0.444 e. The highest BCUT2D eigenvalue weighted by atomic mass is 35.5. The SMILES string of the molecule is CC(C)(C)OC(=O)N1CCC[C@@H]1C(=O)c1ccc(Cl)cc1.Clc1ccc(C[C@H]2CCCN2)cc1. The summed E-state index contributed by atoms with van der Waals surface area (Å²) in [5.41, 5.74) is 1.39. The van der Waals surface area contributed by atoms with Crippen molar-refractivity contribution < 1.29 is 14.3 Å². The normalized spacial score (nSPS) is 20.0. The smallest absolute Gasteiger partial charge is 0.410 e. The largest absolute Gasteiger partial charge is 0.444 e. The number of amides is 1. The summed E-state index contributed by atoms with van der Waals surface area (Å²) in [6, 6.07) is 15.1. The van der Waals surface area contributed by atoms with Crippen molar-refractivity contribution in [3.05, 3.63) is 69.7 Å². The van der Waals surface area contributed by atoms with Gasteiger partial charge in [-0.05, 0) is 101 Å². The Labute approximate surface area is 212 Å². The fourth-order valence-corrected chi connectivity index (χ4v) is 4.47. The highest BCUT2D eigenvalue weighted by Gasteiger charge is 2.36. The zero-order valence-electron chi connectivity index (χ0n) is 20.2. The van der Waals surface area contributed by atoms with E-state index in [1.807, 2.05) is 32.9 Å². The number of carbonyl (C=O) groups is 2. The van der Waals surface area contributed by atoms with Crippen LogP contribution >= 0.6 is 23.2 Å². The molecule has 2 atom stereocenters. The molecule has 7 heteroatoms. The molecule has 1 N–H and O–H groups in total. The number of Topliss-reactive ketones (excluding diaryl/α,β-unsaturated/α-hetero) is 1. The van der Waals surface area contributed by atoms with Crippen molar-refractivity contribution in [3.8, 4) is 0 Å². The summed E-state index contributed by atoms with van der Waals surface area (Å²) < 4.78 is 5.37. The van der Waals surface area contributed by atoms with E-state index in [-0.39, 0.29) is 5.78 Å². The van der Waals surface area contributed by atoms with Crippen molar-refractivity contribution >= 4 is 35.1 Å². The van der Waals surface area contributed by atoms with Gasteiger partial charge in [0, 0.05) is 28.2 Å². The molecule has 2 saturated heterocycles. The molecular weight excluding hydrogens is 471 g/mol. The van der Waals surface area contributed by atoms with Gasteiger partial charge in [-0.25, -0.2) is 4.79 Å². The Balaban J connectivity index is 0.000000212. The number of hydrogen-bond acceptors (Lipinski definition) is 4. The lowest BCUT2D eigenvalue weighted by Gasteiger charge is -2.28. The van der Waals surface area contributed by atoms with E-state index in [9.17, 15) is 9.59 Å². The van der Waals surface area contributed by atoms with E-state index in [1.54, 1.807) is 24.3 Å². The Morgan fingerprint density at radius 1 is 0.971 bits per heavy atom. The minimum atomic E-state index is -0.562. The lowest BCUT2D eigenvalue weighted by atomic mass is 10.0. The van der Waals surface area contributed by atoms with Crippen LogP contribution in [0.15, 0.2) is 48.5 Å². The fraction of sp³-hybridized carbons (Fsp3) is 0.481. The van der Waals surface area contributed by atoms with Gasteiger partial charge in [0.2, 0.25) is 0 Å². The topological polar surface area (TPSA) is 58.6 Å². The van der Waals surface area contributed by atoms with Gasteiger partial charge in [0.25, 0.3) is 0 Å². The number of likely N-dealkylation sites (tertiary alicyclic amines) is 1. The van der Waals surface area contributed by atoms with Crippen LogP contribution in [0.5, 0.6) is 0 Å². The molecule has 0 saturated carbocycles. The number of hydrogen-bond donors (Lipinski definition) is 1. The van der Waals surface area contributed by atoms with Gasteiger partial charge in [-0.3, -0.25) is 9.69 Å². The third-order valence-corrected chi connectivity index (χ3v) is 6.37. The molecule has 184 valence electrons. The van der Waals surface area contributed by atoms with Crippen molar-refractivity contribution in [3.63, 3.8) is 0 Å². The third-order valence-electron chi connectivity index (χ3n) is 5.87. The summed E-state index contributed by atoms with van der Waals surface area (Å²) >= 11 is 11.6. The molecule has 0 aromatic heterocycles. The van der Waals surface area contributed by atoms with Gasteiger partial charge < -0.3 is 10.1 Å². The summed E-state index contributed by atoms with van der Waals surface area (Å²) in [6.07, 6.45) is 4.81. The fourth-order valence-electron chi connectivity index (χ4n) is 4.22. The van der Waals surface area contributed by atoms with Crippen LogP contribution in [0, 0.1) is 0 Å². The first-order chi connectivity index (χ1) is 16.1. The Morgan fingerprint density at radius 2 is 1.59 bits per heavy atom. The lowest BCUT2D eigenvalue weighted by molar-refractivity contribution is 0.0222. The highest BCUT2D eigenvalue weighted by molar-refractivity contribution is 6.30. The third kappa shape index (κ3) is 8.00. The van der Waals surface area contributed by atoms with E-state index >= 15 is 0 Å². The number of ether oxygens (including phenoxy) is 1. The average Bonchev–Trinajstić information content (AvgIpc) is 3.47. The Bertz CT molecular complexity index is 949. The molecule has 4 rings (SSSR count). The van der Waals surface area contributed by atoms with Crippen LogP contribution in [0.1, 0.15) is 62.4 Å². The summed E-state index contributed by atoms with van der Waals surface area (Å²) in [4.78, 5) is 26.3. The van der Waals surface area contributed by atoms with E-state index in [2.05, 4.69) is 17.4 Å². The quantitative estimate of drug-likeness (QED) is 0.479. The van der Waals surface area contributed by atoms with Gasteiger partial charge in [-0.15, -0.1) is 0 Å².